The molecule has 110 valence electrons. The highest BCUT2D eigenvalue weighted by Crippen LogP contribution is 2.24. The summed E-state index contributed by atoms with van der Waals surface area (Å²) in [4.78, 5) is 14.8. The van der Waals surface area contributed by atoms with Crippen molar-refractivity contribution in [2.45, 2.75) is 33.2 Å². The summed E-state index contributed by atoms with van der Waals surface area (Å²) in [7, 11) is 0. The minimum atomic E-state index is 0.0566. The lowest BCUT2D eigenvalue weighted by atomic mass is 10.1. The van der Waals surface area contributed by atoms with E-state index < -0.39 is 0 Å². The van der Waals surface area contributed by atoms with Gasteiger partial charge < -0.3 is 10.2 Å². The summed E-state index contributed by atoms with van der Waals surface area (Å²) in [5.74, 6) is 0.504. The number of benzene rings is 1. The molecule has 0 aliphatic carbocycles. The molecule has 1 atom stereocenters. The van der Waals surface area contributed by atoms with Crippen LogP contribution in [0.1, 0.15) is 36.2 Å². The van der Waals surface area contributed by atoms with E-state index in [1.165, 1.54) is 0 Å². The Morgan fingerprint density at radius 3 is 2.85 bits per heavy atom. The first-order valence-electron chi connectivity index (χ1n) is 7.27. The van der Waals surface area contributed by atoms with Gasteiger partial charge in [0.15, 0.2) is 0 Å². The monoisotopic (exact) mass is 294 g/mol. The molecule has 3 nitrogen and oxygen atoms in total. The first-order chi connectivity index (χ1) is 9.50. The fourth-order valence-electron chi connectivity index (χ4n) is 2.66. The maximum Gasteiger partial charge on any atom is 0.255 e. The van der Waals surface area contributed by atoms with E-state index in [0.717, 1.165) is 31.6 Å². The fraction of sp³-hybridized carbons (Fsp3) is 0.562. The number of rotatable bonds is 4. The SMILES string of the molecule is Cc1cccc(C(=O)N(CC(C)C)[C@H]2CCNC2)c1Cl. The number of hydrogen-bond acceptors (Lipinski definition) is 2. The van der Waals surface area contributed by atoms with E-state index in [4.69, 9.17) is 11.6 Å². The van der Waals surface area contributed by atoms with Crippen LogP contribution < -0.4 is 5.32 Å². The maximum atomic E-state index is 12.9. The van der Waals surface area contributed by atoms with Gasteiger partial charge in [-0.3, -0.25) is 4.79 Å². The molecule has 1 amide bonds. The highest BCUT2D eigenvalue weighted by atomic mass is 35.5. The Kier molecular flexibility index (Phi) is 5.06. The van der Waals surface area contributed by atoms with Crippen LogP contribution >= 0.6 is 11.6 Å². The Labute approximate surface area is 126 Å². The van der Waals surface area contributed by atoms with Crippen molar-refractivity contribution >= 4 is 17.5 Å². The molecule has 0 saturated carbocycles. The minimum absolute atomic E-state index is 0.0566. The van der Waals surface area contributed by atoms with E-state index in [1.807, 2.05) is 30.0 Å². The minimum Gasteiger partial charge on any atom is -0.334 e. The van der Waals surface area contributed by atoms with Gasteiger partial charge in [0.05, 0.1) is 10.6 Å². The molecule has 0 radical (unpaired) electrons. The highest BCUT2D eigenvalue weighted by molar-refractivity contribution is 6.34. The molecule has 1 saturated heterocycles. The van der Waals surface area contributed by atoms with E-state index in [2.05, 4.69) is 19.2 Å². The molecule has 1 N–H and O–H groups in total. The number of hydrogen-bond donors (Lipinski definition) is 1. The quantitative estimate of drug-likeness (QED) is 0.925. The summed E-state index contributed by atoms with van der Waals surface area (Å²) >= 11 is 6.31. The lowest BCUT2D eigenvalue weighted by Gasteiger charge is -2.30. The van der Waals surface area contributed by atoms with Gasteiger partial charge in [0, 0.05) is 19.1 Å². The van der Waals surface area contributed by atoms with Crippen LogP contribution in [0.3, 0.4) is 0 Å². The Morgan fingerprint density at radius 1 is 1.50 bits per heavy atom. The Balaban J connectivity index is 2.27. The molecule has 1 aliphatic rings. The van der Waals surface area contributed by atoms with Crippen molar-refractivity contribution in [1.82, 2.24) is 10.2 Å². The highest BCUT2D eigenvalue weighted by Gasteiger charge is 2.28. The van der Waals surface area contributed by atoms with Crippen LogP contribution in [0.2, 0.25) is 5.02 Å². The van der Waals surface area contributed by atoms with Gasteiger partial charge in [-0.2, -0.15) is 0 Å². The zero-order valence-electron chi connectivity index (χ0n) is 12.4. The third-order valence-electron chi connectivity index (χ3n) is 3.72. The fourth-order valence-corrected chi connectivity index (χ4v) is 2.87. The third kappa shape index (κ3) is 3.33. The molecular formula is C16H23ClN2O. The van der Waals surface area contributed by atoms with Gasteiger partial charge in [0.2, 0.25) is 0 Å². The van der Waals surface area contributed by atoms with Gasteiger partial charge in [-0.1, -0.05) is 37.6 Å². The van der Waals surface area contributed by atoms with E-state index in [1.54, 1.807) is 0 Å². The second-order valence-corrected chi connectivity index (χ2v) is 6.31. The Bertz CT molecular complexity index is 481. The molecule has 1 fully saturated rings. The molecule has 20 heavy (non-hydrogen) atoms. The first-order valence-corrected chi connectivity index (χ1v) is 7.65. The number of carbonyl (C=O) groups is 1. The van der Waals surface area contributed by atoms with E-state index in [0.29, 0.717) is 16.5 Å². The molecule has 0 aromatic heterocycles. The predicted octanol–water partition coefficient (Wildman–Crippen LogP) is 3.11. The van der Waals surface area contributed by atoms with Crippen molar-refractivity contribution in [3.05, 3.63) is 34.3 Å². The molecule has 1 aromatic carbocycles. The molecule has 2 rings (SSSR count). The Morgan fingerprint density at radius 2 is 2.25 bits per heavy atom. The number of amides is 1. The number of aryl methyl sites for hydroxylation is 1. The maximum absolute atomic E-state index is 12.9. The lowest BCUT2D eigenvalue weighted by Crippen LogP contribution is -2.43. The summed E-state index contributed by atoms with van der Waals surface area (Å²) in [6.45, 7) is 8.84. The summed E-state index contributed by atoms with van der Waals surface area (Å²) in [5.41, 5.74) is 1.57. The van der Waals surface area contributed by atoms with Gasteiger partial charge in [0.1, 0.15) is 0 Å². The lowest BCUT2D eigenvalue weighted by molar-refractivity contribution is 0.0667. The number of carbonyl (C=O) groups excluding carboxylic acids is 1. The normalized spacial score (nSPS) is 18.6. The van der Waals surface area contributed by atoms with Crippen LogP contribution in [0.5, 0.6) is 0 Å². The zero-order chi connectivity index (χ0) is 14.7. The third-order valence-corrected chi connectivity index (χ3v) is 4.22. The van der Waals surface area contributed by atoms with Crippen LogP contribution in [0.15, 0.2) is 18.2 Å². The second-order valence-electron chi connectivity index (χ2n) is 5.93. The van der Waals surface area contributed by atoms with Gasteiger partial charge in [0.25, 0.3) is 5.91 Å². The van der Waals surface area contributed by atoms with Gasteiger partial charge in [-0.15, -0.1) is 0 Å². The standard InChI is InChI=1S/C16H23ClN2O/c1-11(2)10-19(13-7-8-18-9-13)16(20)14-6-4-5-12(3)15(14)17/h4-6,11,13,18H,7-10H2,1-3H3/t13-/m0/s1. The summed E-state index contributed by atoms with van der Waals surface area (Å²) < 4.78 is 0. The largest absolute Gasteiger partial charge is 0.334 e. The van der Waals surface area contributed by atoms with E-state index in [9.17, 15) is 4.79 Å². The number of nitrogens with zero attached hydrogens (tertiary/aromatic N) is 1. The van der Waals surface area contributed by atoms with Crippen LogP contribution in [0.25, 0.3) is 0 Å². The van der Waals surface area contributed by atoms with Crippen LogP contribution in [-0.4, -0.2) is 36.5 Å². The Hall–Kier alpha value is -1.06. The van der Waals surface area contributed by atoms with Gasteiger partial charge in [-0.05, 0) is 37.4 Å². The van der Waals surface area contributed by atoms with Crippen molar-refractivity contribution < 1.29 is 4.79 Å². The molecule has 0 unspecified atom stereocenters. The number of nitrogens with one attached hydrogen (secondary N) is 1. The van der Waals surface area contributed by atoms with Gasteiger partial charge >= 0.3 is 0 Å². The summed E-state index contributed by atoms with van der Waals surface area (Å²) in [6, 6.07) is 5.94. The van der Waals surface area contributed by atoms with Crippen molar-refractivity contribution in [3.63, 3.8) is 0 Å². The molecule has 0 bridgehead atoms. The van der Waals surface area contributed by atoms with Crippen LogP contribution in [0.4, 0.5) is 0 Å². The topological polar surface area (TPSA) is 32.3 Å². The molecular weight excluding hydrogens is 272 g/mol. The van der Waals surface area contributed by atoms with Crippen LogP contribution in [-0.2, 0) is 0 Å². The number of halogens is 1. The molecule has 4 heteroatoms. The first kappa shape index (κ1) is 15.3. The van der Waals surface area contributed by atoms with E-state index in [-0.39, 0.29) is 11.9 Å². The van der Waals surface area contributed by atoms with Crippen LogP contribution in [0, 0.1) is 12.8 Å². The average Bonchev–Trinajstić information content (AvgIpc) is 2.92. The van der Waals surface area contributed by atoms with Crippen molar-refractivity contribution in [2.75, 3.05) is 19.6 Å². The van der Waals surface area contributed by atoms with Crippen molar-refractivity contribution in [2.24, 2.45) is 5.92 Å². The molecule has 1 aliphatic heterocycles. The smallest absolute Gasteiger partial charge is 0.255 e. The summed E-state index contributed by atoms with van der Waals surface area (Å²) in [6.07, 6.45) is 1.02. The van der Waals surface area contributed by atoms with Crippen molar-refractivity contribution in [3.8, 4) is 0 Å². The van der Waals surface area contributed by atoms with E-state index >= 15 is 0 Å². The zero-order valence-corrected chi connectivity index (χ0v) is 13.2. The van der Waals surface area contributed by atoms with Gasteiger partial charge in [-0.25, -0.2) is 0 Å². The average molecular weight is 295 g/mol. The summed E-state index contributed by atoms with van der Waals surface area (Å²) in [5, 5.41) is 3.91. The predicted molar refractivity (Wildman–Crippen MR) is 83.3 cm³/mol. The van der Waals surface area contributed by atoms with Crippen molar-refractivity contribution in [1.29, 1.82) is 0 Å². The molecule has 1 heterocycles. The molecule has 1 aromatic rings. The molecule has 0 spiro atoms. The second kappa shape index (κ2) is 6.59.